The molecule has 0 bridgehead atoms. The van der Waals surface area contributed by atoms with Gasteiger partial charge in [-0.1, -0.05) is 18.2 Å². The van der Waals surface area contributed by atoms with Gasteiger partial charge < -0.3 is 16.5 Å². The van der Waals surface area contributed by atoms with E-state index >= 15 is 0 Å². The zero-order chi connectivity index (χ0) is 14.1. The Morgan fingerprint density at radius 3 is 2.95 bits per heavy atom. The average molecular weight is 270 g/mol. The zero-order valence-corrected chi connectivity index (χ0v) is 10.6. The first-order valence-corrected chi connectivity index (χ1v) is 6.17. The molecule has 1 unspecified atom stereocenters. The fraction of sp³-hybridized carbons (Fsp3) is 0.154. The summed E-state index contributed by atoms with van der Waals surface area (Å²) >= 11 is 0. The van der Waals surface area contributed by atoms with Crippen LogP contribution in [0.1, 0.15) is 5.56 Å². The Labute approximate surface area is 114 Å². The Morgan fingerprint density at radius 2 is 2.15 bits per heavy atom. The van der Waals surface area contributed by atoms with E-state index in [0.29, 0.717) is 6.42 Å². The molecule has 1 aromatic carbocycles. The van der Waals surface area contributed by atoms with E-state index in [-0.39, 0.29) is 17.8 Å². The molecule has 20 heavy (non-hydrogen) atoms. The van der Waals surface area contributed by atoms with Gasteiger partial charge in [-0.25, -0.2) is 4.99 Å². The van der Waals surface area contributed by atoms with Crippen LogP contribution in [-0.2, 0) is 11.2 Å². The molecule has 0 saturated heterocycles. The maximum atomic E-state index is 11.8. The van der Waals surface area contributed by atoms with E-state index in [1.807, 2.05) is 30.5 Å². The molecule has 3 rings (SSSR count). The van der Waals surface area contributed by atoms with E-state index in [4.69, 9.17) is 11.5 Å². The third kappa shape index (κ3) is 2.20. The molecule has 1 atom stereocenters. The number of carbonyl (C=O) groups excluding carboxylic acids is 1. The molecular formula is C13H14N6O. The van der Waals surface area contributed by atoms with Crippen molar-refractivity contribution >= 4 is 28.7 Å². The number of H-pyrrole nitrogens is 1. The first-order chi connectivity index (χ1) is 9.63. The number of nitrogens with one attached hydrogen (secondary N) is 2. The van der Waals surface area contributed by atoms with Gasteiger partial charge in [0, 0.05) is 23.5 Å². The standard InChI is InChI=1S/C13H14N6O/c14-12(15)19-13-17-10(11(20)18-13)5-7-6-16-9-4-2-1-3-8(7)9/h1-4,6,10,16H,5H2,(H5,14,15,17,18,19,20). The minimum atomic E-state index is -0.507. The molecule has 1 amide bonds. The highest BCUT2D eigenvalue weighted by atomic mass is 16.2. The van der Waals surface area contributed by atoms with E-state index in [0.717, 1.165) is 16.5 Å². The lowest BCUT2D eigenvalue weighted by Crippen LogP contribution is -2.31. The highest BCUT2D eigenvalue weighted by molar-refractivity contribution is 6.08. The molecule has 102 valence electrons. The van der Waals surface area contributed by atoms with E-state index < -0.39 is 6.04 Å². The molecule has 0 fully saturated rings. The van der Waals surface area contributed by atoms with Crippen LogP contribution in [0.3, 0.4) is 0 Å². The summed E-state index contributed by atoms with van der Waals surface area (Å²) in [6, 6.07) is 7.41. The second-order valence-electron chi connectivity index (χ2n) is 4.56. The number of aromatic nitrogens is 1. The Kier molecular flexibility index (Phi) is 2.86. The molecule has 2 aromatic rings. The number of amides is 1. The Morgan fingerprint density at radius 1 is 1.35 bits per heavy atom. The number of hydrogen-bond acceptors (Lipinski definition) is 3. The predicted octanol–water partition coefficient (Wildman–Crippen LogP) is -0.162. The van der Waals surface area contributed by atoms with Crippen molar-refractivity contribution in [2.75, 3.05) is 0 Å². The van der Waals surface area contributed by atoms with Crippen molar-refractivity contribution in [3.05, 3.63) is 36.0 Å². The molecule has 1 aliphatic rings. The summed E-state index contributed by atoms with van der Waals surface area (Å²) < 4.78 is 0. The molecule has 6 N–H and O–H groups in total. The van der Waals surface area contributed by atoms with Crippen LogP contribution in [0, 0.1) is 0 Å². The number of para-hydroxylation sites is 1. The number of hydrogen-bond donors (Lipinski definition) is 4. The van der Waals surface area contributed by atoms with Gasteiger partial charge in [0.05, 0.1) is 0 Å². The van der Waals surface area contributed by atoms with Gasteiger partial charge in [-0.3, -0.25) is 10.1 Å². The number of nitrogens with zero attached hydrogens (tertiary/aromatic N) is 2. The number of fused-ring (bicyclic) bond motifs is 1. The molecule has 0 spiro atoms. The van der Waals surface area contributed by atoms with Gasteiger partial charge in [-0.15, -0.1) is 0 Å². The quantitative estimate of drug-likeness (QED) is 0.448. The first-order valence-electron chi connectivity index (χ1n) is 6.17. The number of guanidine groups is 2. The van der Waals surface area contributed by atoms with Crippen molar-refractivity contribution in [1.82, 2.24) is 10.3 Å². The van der Waals surface area contributed by atoms with Gasteiger partial charge in [-0.2, -0.15) is 4.99 Å². The van der Waals surface area contributed by atoms with Gasteiger partial charge in [0.25, 0.3) is 5.91 Å². The molecule has 0 radical (unpaired) electrons. The van der Waals surface area contributed by atoms with Crippen molar-refractivity contribution < 1.29 is 4.79 Å². The van der Waals surface area contributed by atoms with E-state index in [1.165, 1.54) is 0 Å². The van der Waals surface area contributed by atoms with Gasteiger partial charge in [0.15, 0.2) is 5.96 Å². The van der Waals surface area contributed by atoms with Gasteiger partial charge >= 0.3 is 0 Å². The largest absolute Gasteiger partial charge is 0.370 e. The number of rotatable bonds is 2. The molecule has 2 heterocycles. The summed E-state index contributed by atoms with van der Waals surface area (Å²) in [6.45, 7) is 0. The highest BCUT2D eigenvalue weighted by Gasteiger charge is 2.27. The third-order valence-electron chi connectivity index (χ3n) is 3.14. The lowest BCUT2D eigenvalue weighted by molar-refractivity contribution is -0.120. The average Bonchev–Trinajstić information content (AvgIpc) is 2.95. The van der Waals surface area contributed by atoms with Crippen LogP contribution in [0.4, 0.5) is 0 Å². The van der Waals surface area contributed by atoms with Gasteiger partial charge in [0.1, 0.15) is 6.04 Å². The number of aliphatic imine (C=N–C) groups is 2. The van der Waals surface area contributed by atoms with Crippen molar-refractivity contribution in [2.24, 2.45) is 21.5 Å². The monoisotopic (exact) mass is 270 g/mol. The van der Waals surface area contributed by atoms with Crippen LogP contribution in [0.25, 0.3) is 10.9 Å². The molecular weight excluding hydrogens is 256 g/mol. The summed E-state index contributed by atoms with van der Waals surface area (Å²) in [5.74, 6) is -0.160. The van der Waals surface area contributed by atoms with Gasteiger partial charge in [-0.05, 0) is 11.6 Å². The summed E-state index contributed by atoms with van der Waals surface area (Å²) in [5.41, 5.74) is 12.6. The molecule has 7 heteroatoms. The number of nitrogens with two attached hydrogens (primary N) is 2. The molecule has 1 aliphatic heterocycles. The number of benzene rings is 1. The minimum Gasteiger partial charge on any atom is -0.370 e. The van der Waals surface area contributed by atoms with Crippen LogP contribution in [-0.4, -0.2) is 28.9 Å². The smallest absolute Gasteiger partial charge is 0.252 e. The van der Waals surface area contributed by atoms with Gasteiger partial charge in [0.2, 0.25) is 5.96 Å². The van der Waals surface area contributed by atoms with E-state index in [1.54, 1.807) is 0 Å². The topological polar surface area (TPSA) is 122 Å². The Balaban J connectivity index is 1.86. The van der Waals surface area contributed by atoms with Crippen LogP contribution in [0.5, 0.6) is 0 Å². The Bertz CT molecular complexity index is 725. The van der Waals surface area contributed by atoms with Crippen LogP contribution in [0.15, 0.2) is 40.4 Å². The molecule has 7 nitrogen and oxygen atoms in total. The minimum absolute atomic E-state index is 0.128. The second-order valence-corrected chi connectivity index (χ2v) is 4.56. The zero-order valence-electron chi connectivity index (χ0n) is 10.6. The summed E-state index contributed by atoms with van der Waals surface area (Å²) in [4.78, 5) is 23.0. The van der Waals surface area contributed by atoms with Crippen LogP contribution >= 0.6 is 0 Å². The fourth-order valence-corrected chi connectivity index (χ4v) is 2.26. The van der Waals surface area contributed by atoms with Crippen LogP contribution in [0.2, 0.25) is 0 Å². The summed E-state index contributed by atoms with van der Waals surface area (Å²) in [5, 5.41) is 3.64. The lowest BCUT2D eigenvalue weighted by Gasteiger charge is -2.02. The van der Waals surface area contributed by atoms with Crippen molar-refractivity contribution in [2.45, 2.75) is 12.5 Å². The van der Waals surface area contributed by atoms with Crippen molar-refractivity contribution in [1.29, 1.82) is 0 Å². The molecule has 0 saturated carbocycles. The third-order valence-corrected chi connectivity index (χ3v) is 3.14. The number of aromatic amines is 1. The normalized spacial score (nSPS) is 17.9. The number of carbonyl (C=O) groups is 1. The van der Waals surface area contributed by atoms with E-state index in [9.17, 15) is 4.79 Å². The molecule has 1 aromatic heterocycles. The predicted molar refractivity (Wildman–Crippen MR) is 77.2 cm³/mol. The summed E-state index contributed by atoms with van der Waals surface area (Å²) in [7, 11) is 0. The highest BCUT2D eigenvalue weighted by Crippen LogP contribution is 2.20. The lowest BCUT2D eigenvalue weighted by atomic mass is 10.1. The van der Waals surface area contributed by atoms with Crippen LogP contribution < -0.4 is 16.8 Å². The fourth-order valence-electron chi connectivity index (χ4n) is 2.26. The first kappa shape index (κ1) is 12.2. The maximum absolute atomic E-state index is 11.8. The maximum Gasteiger partial charge on any atom is 0.252 e. The SMILES string of the molecule is NC(N)=NC1=NC(Cc2c[nH]c3ccccc23)C(=O)N1. The van der Waals surface area contributed by atoms with Crippen molar-refractivity contribution in [3.8, 4) is 0 Å². The van der Waals surface area contributed by atoms with Crippen molar-refractivity contribution in [3.63, 3.8) is 0 Å². The summed E-state index contributed by atoms with van der Waals surface area (Å²) in [6.07, 6.45) is 2.39. The Hall–Kier alpha value is -2.83. The van der Waals surface area contributed by atoms with E-state index in [2.05, 4.69) is 20.3 Å². The second kappa shape index (κ2) is 4.69. The molecule has 0 aliphatic carbocycles.